The average molecular weight is 330 g/mol. The Morgan fingerprint density at radius 2 is 1.89 bits per heavy atom. The maximum atomic E-state index is 11.6. The molecule has 0 radical (unpaired) electrons. The van der Waals surface area contributed by atoms with E-state index in [1.807, 2.05) is 0 Å². The maximum Gasteiger partial charge on any atom is 0.330 e. The minimum absolute atomic E-state index is 0.0818. The Bertz CT molecular complexity index is 444. The Morgan fingerprint density at radius 3 is 2.37 bits per heavy atom. The van der Waals surface area contributed by atoms with Crippen LogP contribution in [-0.2, 0) is 14.3 Å². The van der Waals surface area contributed by atoms with Crippen molar-refractivity contribution in [3.8, 4) is 0 Å². The first-order chi connectivity index (χ1) is 8.90. The van der Waals surface area contributed by atoms with E-state index in [4.69, 9.17) is 9.84 Å². The number of hydrogen-bond donors (Lipinski definition) is 2. The molecule has 5 nitrogen and oxygen atoms in total. The topological polar surface area (TPSA) is 75.6 Å². The Hall–Kier alpha value is -1.40. The number of carboxylic acid groups (broad SMARTS) is 1. The van der Waals surface area contributed by atoms with Crippen LogP contribution >= 0.6 is 15.9 Å². The molecule has 1 rings (SSSR count). The molecule has 1 aromatic carbocycles. The van der Waals surface area contributed by atoms with Crippen molar-refractivity contribution in [3.05, 3.63) is 34.3 Å². The lowest BCUT2D eigenvalue weighted by molar-refractivity contribution is -0.143. The van der Waals surface area contributed by atoms with Gasteiger partial charge in [-0.3, -0.25) is 4.79 Å². The van der Waals surface area contributed by atoms with Crippen molar-refractivity contribution in [1.29, 1.82) is 0 Å². The summed E-state index contributed by atoms with van der Waals surface area (Å²) in [6.07, 6.45) is -0.0818. The van der Waals surface area contributed by atoms with Crippen molar-refractivity contribution in [1.82, 2.24) is 5.32 Å². The molecule has 104 valence electrons. The number of ether oxygens (including phenoxy) is 1. The van der Waals surface area contributed by atoms with Gasteiger partial charge in [-0.05, 0) is 31.5 Å². The normalized spacial score (nSPS) is 12.2. The van der Waals surface area contributed by atoms with Gasteiger partial charge in [-0.2, -0.15) is 0 Å². The van der Waals surface area contributed by atoms with Gasteiger partial charge in [0, 0.05) is 4.47 Å². The van der Waals surface area contributed by atoms with E-state index >= 15 is 0 Å². The fraction of sp³-hybridized carbons (Fsp3) is 0.385. The predicted molar refractivity (Wildman–Crippen MR) is 73.7 cm³/mol. The number of carboxylic acids is 1. The van der Waals surface area contributed by atoms with Crippen LogP contribution in [0, 0.1) is 0 Å². The number of carbonyl (C=O) groups is 2. The highest BCUT2D eigenvalue weighted by Gasteiger charge is 2.22. The van der Waals surface area contributed by atoms with Crippen LogP contribution in [0.15, 0.2) is 28.7 Å². The molecule has 0 aliphatic heterocycles. The molecule has 1 amide bonds. The lowest BCUT2D eigenvalue weighted by atomic mass is 10.1. The van der Waals surface area contributed by atoms with Crippen molar-refractivity contribution in [2.24, 2.45) is 0 Å². The highest BCUT2D eigenvalue weighted by Crippen LogP contribution is 2.17. The number of carbonyl (C=O) groups excluding carboxylic acids is 1. The minimum atomic E-state index is -1.11. The van der Waals surface area contributed by atoms with E-state index in [1.165, 1.54) is 0 Å². The summed E-state index contributed by atoms with van der Waals surface area (Å²) in [5, 5.41) is 11.6. The standard InChI is InChI=1S/C13H16BrNO4/c1-8(2)19-7-11(16)15-12(13(17)18)9-3-5-10(14)6-4-9/h3-6,8,12H,7H2,1-2H3,(H,15,16)(H,17,18). The molecule has 0 aliphatic rings. The summed E-state index contributed by atoms with van der Waals surface area (Å²) >= 11 is 3.27. The average Bonchev–Trinajstić information content (AvgIpc) is 2.34. The van der Waals surface area contributed by atoms with Gasteiger partial charge >= 0.3 is 5.97 Å². The minimum Gasteiger partial charge on any atom is -0.479 e. The molecule has 0 saturated carbocycles. The van der Waals surface area contributed by atoms with Gasteiger partial charge in [-0.1, -0.05) is 28.1 Å². The first kappa shape index (κ1) is 15.7. The molecule has 0 aliphatic carbocycles. The predicted octanol–water partition coefficient (Wildman–Crippen LogP) is 2.12. The second-order valence-electron chi connectivity index (χ2n) is 4.25. The number of amides is 1. The second kappa shape index (κ2) is 7.25. The Balaban J connectivity index is 2.71. The van der Waals surface area contributed by atoms with Crippen molar-refractivity contribution in [2.75, 3.05) is 6.61 Å². The number of aliphatic carboxylic acids is 1. The van der Waals surface area contributed by atoms with Gasteiger partial charge in [-0.25, -0.2) is 4.79 Å². The van der Waals surface area contributed by atoms with E-state index in [1.54, 1.807) is 38.1 Å². The van der Waals surface area contributed by atoms with E-state index in [-0.39, 0.29) is 12.7 Å². The van der Waals surface area contributed by atoms with E-state index in [2.05, 4.69) is 21.2 Å². The molecule has 1 atom stereocenters. The first-order valence-electron chi connectivity index (χ1n) is 5.79. The highest BCUT2D eigenvalue weighted by molar-refractivity contribution is 9.10. The van der Waals surface area contributed by atoms with Gasteiger partial charge in [0.25, 0.3) is 0 Å². The molecule has 2 N–H and O–H groups in total. The lowest BCUT2D eigenvalue weighted by Crippen LogP contribution is -2.36. The molecule has 19 heavy (non-hydrogen) atoms. The molecule has 0 saturated heterocycles. The first-order valence-corrected chi connectivity index (χ1v) is 6.58. The summed E-state index contributed by atoms with van der Waals surface area (Å²) < 4.78 is 5.97. The third-order valence-electron chi connectivity index (χ3n) is 2.30. The fourth-order valence-electron chi connectivity index (χ4n) is 1.39. The monoisotopic (exact) mass is 329 g/mol. The quantitative estimate of drug-likeness (QED) is 0.838. The van der Waals surface area contributed by atoms with Crippen LogP contribution in [0.3, 0.4) is 0 Å². The Labute approximate surface area is 120 Å². The maximum absolute atomic E-state index is 11.6. The fourth-order valence-corrected chi connectivity index (χ4v) is 1.65. The van der Waals surface area contributed by atoms with Crippen LogP contribution in [0.1, 0.15) is 25.5 Å². The third kappa shape index (κ3) is 5.40. The summed E-state index contributed by atoms with van der Waals surface area (Å²) in [7, 11) is 0. The van der Waals surface area contributed by atoms with Gasteiger partial charge in [0.15, 0.2) is 6.04 Å². The van der Waals surface area contributed by atoms with Crippen LogP contribution < -0.4 is 5.32 Å². The zero-order chi connectivity index (χ0) is 14.4. The smallest absolute Gasteiger partial charge is 0.330 e. The zero-order valence-electron chi connectivity index (χ0n) is 10.7. The van der Waals surface area contributed by atoms with Crippen molar-refractivity contribution >= 4 is 27.8 Å². The third-order valence-corrected chi connectivity index (χ3v) is 2.83. The van der Waals surface area contributed by atoms with E-state index in [0.717, 1.165) is 4.47 Å². The molecule has 0 fully saturated rings. The van der Waals surface area contributed by atoms with Gasteiger partial charge in [0.1, 0.15) is 6.61 Å². The van der Waals surface area contributed by atoms with Crippen LogP contribution in [-0.4, -0.2) is 29.7 Å². The number of halogens is 1. The summed E-state index contributed by atoms with van der Waals surface area (Å²) in [6.45, 7) is 3.45. The molecule has 1 aromatic rings. The van der Waals surface area contributed by atoms with Crippen molar-refractivity contribution < 1.29 is 19.4 Å². The molecule has 0 aromatic heterocycles. The summed E-state index contributed by atoms with van der Waals surface area (Å²) in [5.41, 5.74) is 0.508. The van der Waals surface area contributed by atoms with Crippen molar-refractivity contribution in [3.63, 3.8) is 0 Å². The molecule has 0 spiro atoms. The number of hydrogen-bond acceptors (Lipinski definition) is 3. The van der Waals surface area contributed by atoms with Crippen molar-refractivity contribution in [2.45, 2.75) is 26.0 Å². The summed E-state index contributed by atoms with van der Waals surface area (Å²) in [4.78, 5) is 22.8. The highest BCUT2D eigenvalue weighted by atomic mass is 79.9. The molecule has 0 bridgehead atoms. The summed E-state index contributed by atoms with van der Waals surface area (Å²) in [5.74, 6) is -1.57. The Kier molecular flexibility index (Phi) is 5.98. The molecular formula is C13H16BrNO4. The van der Waals surface area contributed by atoms with E-state index < -0.39 is 17.9 Å². The van der Waals surface area contributed by atoms with Gasteiger partial charge in [-0.15, -0.1) is 0 Å². The zero-order valence-corrected chi connectivity index (χ0v) is 12.3. The van der Waals surface area contributed by atoms with Gasteiger partial charge in [0.2, 0.25) is 5.91 Å². The second-order valence-corrected chi connectivity index (χ2v) is 5.17. The number of benzene rings is 1. The Morgan fingerprint density at radius 1 is 1.32 bits per heavy atom. The largest absolute Gasteiger partial charge is 0.479 e. The van der Waals surface area contributed by atoms with E-state index in [9.17, 15) is 9.59 Å². The van der Waals surface area contributed by atoms with E-state index in [0.29, 0.717) is 5.56 Å². The molecule has 0 heterocycles. The van der Waals surface area contributed by atoms with Gasteiger partial charge in [0.05, 0.1) is 6.10 Å². The molecule has 1 unspecified atom stereocenters. The van der Waals surface area contributed by atoms with Crippen LogP contribution in [0.2, 0.25) is 0 Å². The number of nitrogens with one attached hydrogen (secondary N) is 1. The summed E-state index contributed by atoms with van der Waals surface area (Å²) in [6, 6.07) is 5.67. The lowest BCUT2D eigenvalue weighted by Gasteiger charge is -2.15. The molecule has 6 heteroatoms. The molecular weight excluding hydrogens is 314 g/mol. The van der Waals surface area contributed by atoms with Crippen LogP contribution in [0.4, 0.5) is 0 Å². The number of rotatable bonds is 6. The van der Waals surface area contributed by atoms with Gasteiger partial charge < -0.3 is 15.2 Å². The van der Waals surface area contributed by atoms with Crippen LogP contribution in [0.5, 0.6) is 0 Å². The SMILES string of the molecule is CC(C)OCC(=O)NC(C(=O)O)c1ccc(Br)cc1. The van der Waals surface area contributed by atoms with Crippen LogP contribution in [0.25, 0.3) is 0 Å².